The van der Waals surface area contributed by atoms with Gasteiger partial charge in [0, 0.05) is 0 Å². The van der Waals surface area contributed by atoms with Crippen LogP contribution in [0.2, 0.25) is 0 Å². The van der Waals surface area contributed by atoms with Crippen molar-refractivity contribution >= 4 is 0 Å². The first kappa shape index (κ1) is 25.2. The van der Waals surface area contributed by atoms with Gasteiger partial charge in [-0.1, -0.05) is 66.2 Å². The van der Waals surface area contributed by atoms with Gasteiger partial charge >= 0.3 is 46.9 Å². The molecule has 0 fully saturated rings. The topological polar surface area (TPSA) is 0 Å². The SMILES string of the molecule is CC1=[C-]C(C)(C)C(C)=C1C.CC1=[C-]C(C)(C)C(C)=C1C.[Br-].[Yb+3]. The Balaban J connectivity index is 0. The summed E-state index contributed by atoms with van der Waals surface area (Å²) in [7, 11) is 0. The summed E-state index contributed by atoms with van der Waals surface area (Å²) in [5, 5.41) is 0. The van der Waals surface area contributed by atoms with Crippen molar-refractivity contribution in [1.29, 1.82) is 0 Å². The van der Waals surface area contributed by atoms with Crippen molar-refractivity contribution in [2.75, 3.05) is 0 Å². The molecule has 2 rings (SSSR count). The summed E-state index contributed by atoms with van der Waals surface area (Å²) in [5.74, 6) is 0. The van der Waals surface area contributed by atoms with Crippen LogP contribution in [0.1, 0.15) is 69.2 Å². The van der Waals surface area contributed by atoms with Crippen molar-refractivity contribution in [2.24, 2.45) is 10.8 Å². The molecule has 1 radical (unpaired) electrons. The van der Waals surface area contributed by atoms with Crippen LogP contribution in [0, 0.1) is 69.9 Å². The van der Waals surface area contributed by atoms with Gasteiger partial charge < -0.3 is 17.0 Å². The number of allylic oxidation sites excluding steroid dienone is 8. The van der Waals surface area contributed by atoms with E-state index in [0.717, 1.165) is 0 Å². The van der Waals surface area contributed by atoms with Crippen LogP contribution < -0.4 is 17.0 Å². The van der Waals surface area contributed by atoms with Crippen LogP contribution in [0.3, 0.4) is 0 Å². The molecule has 0 spiro atoms. The summed E-state index contributed by atoms with van der Waals surface area (Å²) in [6.07, 6.45) is 6.87. The van der Waals surface area contributed by atoms with E-state index in [-0.39, 0.29) is 74.7 Å². The Labute approximate surface area is 187 Å². The normalized spacial score (nSPS) is 21.4. The predicted molar refractivity (Wildman–Crippen MR) is 89.2 cm³/mol. The minimum absolute atomic E-state index is 0. The quantitative estimate of drug-likeness (QED) is 0.428. The largest absolute Gasteiger partial charge is 3.00 e. The molecule has 2 heteroatoms. The second-order valence-corrected chi connectivity index (χ2v) is 7.25. The molecular weight excluding hydrogens is 493 g/mol. The first-order chi connectivity index (χ1) is 8.90. The number of hydrogen-bond acceptors (Lipinski definition) is 0. The third-order valence-corrected chi connectivity index (χ3v) is 5.12. The molecule has 0 unspecified atom stereocenters. The first-order valence-electron chi connectivity index (χ1n) is 7.50. The molecule has 0 aromatic heterocycles. The van der Waals surface area contributed by atoms with Gasteiger partial charge in [-0.15, -0.1) is 13.8 Å². The van der Waals surface area contributed by atoms with Crippen molar-refractivity contribution in [3.05, 3.63) is 45.6 Å². The van der Waals surface area contributed by atoms with Crippen LogP contribution in [-0.4, -0.2) is 0 Å². The van der Waals surface area contributed by atoms with E-state index in [1.54, 1.807) is 0 Å². The number of rotatable bonds is 0. The third-order valence-electron chi connectivity index (χ3n) is 5.12. The monoisotopic (exact) mass is 523 g/mol. The maximum absolute atomic E-state index is 3.44. The standard InChI is InChI=1S/2C10H15.BrH.Yb/c2*1-7-6-10(4,5)9(3)8(7)2;;/h2*1-5H3;1H;/q2*-1;;+3/p-1. The minimum atomic E-state index is 0. The zero-order valence-corrected chi connectivity index (χ0v) is 18.9. The molecule has 131 valence electrons. The zero-order chi connectivity index (χ0) is 15.9. The van der Waals surface area contributed by atoms with Crippen molar-refractivity contribution in [3.8, 4) is 0 Å². The minimum Gasteiger partial charge on any atom is -1.00 e. The van der Waals surface area contributed by atoms with E-state index in [9.17, 15) is 0 Å². The summed E-state index contributed by atoms with van der Waals surface area (Å²) in [4.78, 5) is 0. The fourth-order valence-electron chi connectivity index (χ4n) is 2.81. The van der Waals surface area contributed by atoms with E-state index in [4.69, 9.17) is 0 Å². The molecule has 2 aliphatic carbocycles. The molecule has 0 aliphatic heterocycles. The van der Waals surface area contributed by atoms with Gasteiger partial charge in [-0.3, -0.25) is 12.2 Å². The molecule has 0 saturated carbocycles. The molecule has 2 aliphatic rings. The maximum Gasteiger partial charge on any atom is 3.00 e. The fraction of sp³-hybridized carbons (Fsp3) is 0.600. The van der Waals surface area contributed by atoms with Crippen molar-refractivity contribution < 1.29 is 63.9 Å². The van der Waals surface area contributed by atoms with Crippen LogP contribution in [0.25, 0.3) is 0 Å². The van der Waals surface area contributed by atoms with Gasteiger partial charge in [0.25, 0.3) is 0 Å². The molecule has 0 saturated heterocycles. The average molecular weight is 523 g/mol. The maximum atomic E-state index is 3.44. The van der Waals surface area contributed by atoms with Gasteiger partial charge in [-0.2, -0.15) is 22.3 Å². The van der Waals surface area contributed by atoms with Gasteiger partial charge in [-0.05, 0) is 0 Å². The number of hydrogen-bond donors (Lipinski definition) is 0. The Bertz CT molecular complexity index is 490. The number of halogens is 1. The van der Waals surface area contributed by atoms with Crippen molar-refractivity contribution in [2.45, 2.75) is 69.2 Å². The van der Waals surface area contributed by atoms with Gasteiger partial charge in [0.05, 0.1) is 0 Å². The van der Waals surface area contributed by atoms with Gasteiger partial charge in [0.15, 0.2) is 0 Å². The Morgan fingerprint density at radius 1 is 0.591 bits per heavy atom. The van der Waals surface area contributed by atoms with Crippen molar-refractivity contribution in [1.82, 2.24) is 0 Å². The van der Waals surface area contributed by atoms with Crippen LogP contribution in [-0.2, 0) is 0 Å². The Morgan fingerprint density at radius 3 is 0.864 bits per heavy atom. The van der Waals surface area contributed by atoms with E-state index in [1.165, 1.54) is 33.4 Å². The summed E-state index contributed by atoms with van der Waals surface area (Å²) >= 11 is 0. The van der Waals surface area contributed by atoms with Crippen LogP contribution >= 0.6 is 0 Å². The predicted octanol–water partition coefficient (Wildman–Crippen LogP) is 3.23. The molecular formula is C20H30BrYb. The molecule has 0 bridgehead atoms. The molecule has 0 heterocycles. The zero-order valence-electron chi connectivity index (χ0n) is 15.6. The molecule has 0 aromatic rings. The van der Waals surface area contributed by atoms with E-state index in [1.807, 2.05) is 0 Å². The summed E-state index contributed by atoms with van der Waals surface area (Å²) in [6, 6.07) is 0. The fourth-order valence-corrected chi connectivity index (χ4v) is 2.81. The van der Waals surface area contributed by atoms with Crippen LogP contribution in [0.5, 0.6) is 0 Å². The molecule has 0 aromatic carbocycles. The smallest absolute Gasteiger partial charge is 1.00 e. The van der Waals surface area contributed by atoms with Gasteiger partial charge in [-0.25, -0.2) is 11.1 Å². The van der Waals surface area contributed by atoms with E-state index >= 15 is 0 Å². The average Bonchev–Trinajstić information content (AvgIpc) is 2.60. The Morgan fingerprint density at radius 2 is 0.818 bits per heavy atom. The Kier molecular flexibility index (Phi) is 10.2. The molecule has 0 amide bonds. The first-order valence-corrected chi connectivity index (χ1v) is 7.50. The summed E-state index contributed by atoms with van der Waals surface area (Å²) in [5.41, 5.74) is 8.79. The second-order valence-electron chi connectivity index (χ2n) is 7.25. The molecule has 0 N–H and O–H groups in total. The van der Waals surface area contributed by atoms with E-state index in [0.29, 0.717) is 0 Å². The molecule has 0 nitrogen and oxygen atoms in total. The van der Waals surface area contributed by atoms with E-state index in [2.05, 4.69) is 81.4 Å². The van der Waals surface area contributed by atoms with Crippen molar-refractivity contribution in [3.63, 3.8) is 0 Å². The molecule has 22 heavy (non-hydrogen) atoms. The van der Waals surface area contributed by atoms with E-state index < -0.39 is 0 Å². The second kappa shape index (κ2) is 8.88. The van der Waals surface area contributed by atoms with Crippen LogP contribution in [0.4, 0.5) is 0 Å². The van der Waals surface area contributed by atoms with Crippen LogP contribution in [0.15, 0.2) is 33.4 Å². The summed E-state index contributed by atoms with van der Waals surface area (Å²) < 4.78 is 0. The Hall–Kier alpha value is 0.959. The molecule has 0 atom stereocenters. The third kappa shape index (κ3) is 5.50. The van der Waals surface area contributed by atoms with Gasteiger partial charge in [0.2, 0.25) is 0 Å². The summed E-state index contributed by atoms with van der Waals surface area (Å²) in [6.45, 7) is 21.8. The van der Waals surface area contributed by atoms with Gasteiger partial charge in [0.1, 0.15) is 0 Å².